The molecule has 21 heavy (non-hydrogen) atoms. The molecule has 102 valence electrons. The van der Waals surface area contributed by atoms with Gasteiger partial charge in [0.2, 0.25) is 0 Å². The van der Waals surface area contributed by atoms with Gasteiger partial charge in [-0.25, -0.2) is 0 Å². The Hall–Kier alpha value is -2.38. The minimum absolute atomic E-state index is 0.189. The highest BCUT2D eigenvalue weighted by atomic mass is 16.2. The Morgan fingerprint density at radius 1 is 0.619 bits per heavy atom. The van der Waals surface area contributed by atoms with Crippen LogP contribution < -0.4 is 0 Å². The zero-order chi connectivity index (χ0) is 14.2. The van der Waals surface area contributed by atoms with E-state index in [-0.39, 0.29) is 6.61 Å². The molecule has 0 aliphatic rings. The topological polar surface area (TPSA) is 20.2 Å². The fraction of sp³-hybridized carbons (Fsp3) is 0.100. The minimum atomic E-state index is 0.189. The maximum absolute atomic E-state index is 9.23. The molecule has 0 aliphatic heterocycles. The lowest BCUT2D eigenvalue weighted by atomic mass is 9.96. The Morgan fingerprint density at radius 2 is 1.24 bits per heavy atom. The number of aliphatic hydroxyl groups is 1. The van der Waals surface area contributed by atoms with Gasteiger partial charge in [-0.05, 0) is 68.6 Å². The quantitative estimate of drug-likeness (QED) is 0.525. The van der Waals surface area contributed by atoms with Crippen molar-refractivity contribution in [3.63, 3.8) is 0 Å². The van der Waals surface area contributed by atoms with Crippen LogP contribution in [0.2, 0.25) is 0 Å². The van der Waals surface area contributed by atoms with Crippen LogP contribution in [-0.2, 0) is 6.42 Å². The Balaban J connectivity index is 2.08. The van der Waals surface area contributed by atoms with Gasteiger partial charge in [0.25, 0.3) is 0 Å². The van der Waals surface area contributed by atoms with E-state index in [9.17, 15) is 5.11 Å². The molecule has 0 fully saturated rings. The molecule has 1 N–H and O–H groups in total. The number of rotatable bonds is 2. The third-order valence-electron chi connectivity index (χ3n) is 4.17. The monoisotopic (exact) mass is 272 g/mol. The van der Waals surface area contributed by atoms with Crippen LogP contribution in [0.25, 0.3) is 32.3 Å². The molecule has 1 heteroatoms. The van der Waals surface area contributed by atoms with Crippen molar-refractivity contribution in [1.29, 1.82) is 0 Å². The van der Waals surface area contributed by atoms with Crippen LogP contribution in [0.1, 0.15) is 5.56 Å². The summed E-state index contributed by atoms with van der Waals surface area (Å²) in [7, 11) is 0. The van der Waals surface area contributed by atoms with Gasteiger partial charge in [-0.15, -0.1) is 0 Å². The number of hydrogen-bond acceptors (Lipinski definition) is 1. The summed E-state index contributed by atoms with van der Waals surface area (Å²) in [5.74, 6) is 0. The van der Waals surface area contributed by atoms with Crippen molar-refractivity contribution in [3.05, 3.63) is 72.3 Å². The standard InChI is InChI=1S/C20H16O/c21-9-8-14-6-3-7-17-12-18-10-15-4-1-2-5-16(15)11-19(18)13-20(14)17/h1-7,10-13,21H,8-9H2. The van der Waals surface area contributed by atoms with Crippen molar-refractivity contribution in [2.24, 2.45) is 0 Å². The summed E-state index contributed by atoms with van der Waals surface area (Å²) in [5, 5.41) is 16.8. The summed E-state index contributed by atoms with van der Waals surface area (Å²) < 4.78 is 0. The lowest BCUT2D eigenvalue weighted by Gasteiger charge is -2.08. The summed E-state index contributed by atoms with van der Waals surface area (Å²) in [6, 6.07) is 23.8. The molecule has 0 atom stereocenters. The molecule has 0 saturated heterocycles. The van der Waals surface area contributed by atoms with Gasteiger partial charge in [0.15, 0.2) is 0 Å². The van der Waals surface area contributed by atoms with Gasteiger partial charge in [-0.1, -0.05) is 42.5 Å². The lowest BCUT2D eigenvalue weighted by molar-refractivity contribution is 0.300. The summed E-state index contributed by atoms with van der Waals surface area (Å²) in [5.41, 5.74) is 1.21. The van der Waals surface area contributed by atoms with E-state index >= 15 is 0 Å². The molecule has 0 bridgehead atoms. The van der Waals surface area contributed by atoms with Crippen molar-refractivity contribution in [2.45, 2.75) is 6.42 Å². The maximum atomic E-state index is 9.23. The zero-order valence-electron chi connectivity index (χ0n) is 11.7. The smallest absolute Gasteiger partial charge is 0.0471 e. The molecule has 0 amide bonds. The van der Waals surface area contributed by atoms with E-state index in [0.29, 0.717) is 6.42 Å². The van der Waals surface area contributed by atoms with Gasteiger partial charge in [0, 0.05) is 6.61 Å². The van der Waals surface area contributed by atoms with Crippen LogP contribution >= 0.6 is 0 Å². The molecule has 4 rings (SSSR count). The number of benzene rings is 4. The molecule has 0 aliphatic carbocycles. The average molecular weight is 272 g/mol. The number of hydrogen-bond donors (Lipinski definition) is 1. The highest BCUT2D eigenvalue weighted by molar-refractivity contribution is 6.05. The predicted octanol–water partition coefficient (Wildman–Crippen LogP) is 4.68. The first-order valence-electron chi connectivity index (χ1n) is 7.30. The van der Waals surface area contributed by atoms with Gasteiger partial charge in [-0.2, -0.15) is 0 Å². The normalized spacial score (nSPS) is 11.5. The first-order valence-corrected chi connectivity index (χ1v) is 7.30. The molecule has 0 unspecified atom stereocenters. The first kappa shape index (κ1) is 12.4. The number of fused-ring (bicyclic) bond motifs is 3. The lowest BCUT2D eigenvalue weighted by Crippen LogP contribution is -1.92. The summed E-state index contributed by atoms with van der Waals surface area (Å²) in [4.78, 5) is 0. The van der Waals surface area contributed by atoms with Gasteiger partial charge in [-0.3, -0.25) is 0 Å². The maximum Gasteiger partial charge on any atom is 0.0471 e. The molecule has 0 spiro atoms. The molecular weight excluding hydrogens is 256 g/mol. The van der Waals surface area contributed by atoms with Crippen molar-refractivity contribution >= 4 is 32.3 Å². The van der Waals surface area contributed by atoms with E-state index in [1.54, 1.807) is 0 Å². The molecule has 4 aromatic carbocycles. The predicted molar refractivity (Wildman–Crippen MR) is 89.7 cm³/mol. The van der Waals surface area contributed by atoms with E-state index in [1.807, 2.05) is 0 Å². The molecule has 1 nitrogen and oxygen atoms in total. The Morgan fingerprint density at radius 3 is 1.95 bits per heavy atom. The Bertz CT molecular complexity index is 954. The van der Waals surface area contributed by atoms with Gasteiger partial charge < -0.3 is 5.11 Å². The van der Waals surface area contributed by atoms with Crippen LogP contribution in [0.4, 0.5) is 0 Å². The van der Waals surface area contributed by atoms with E-state index < -0.39 is 0 Å². The van der Waals surface area contributed by atoms with E-state index in [1.165, 1.54) is 37.9 Å². The first-order chi connectivity index (χ1) is 10.3. The molecule has 0 aromatic heterocycles. The second kappa shape index (κ2) is 4.87. The molecular formula is C20H16O. The highest BCUT2D eigenvalue weighted by Gasteiger charge is 2.04. The van der Waals surface area contributed by atoms with Crippen molar-refractivity contribution in [3.8, 4) is 0 Å². The third-order valence-corrected chi connectivity index (χ3v) is 4.17. The second-order valence-electron chi connectivity index (χ2n) is 5.51. The van der Waals surface area contributed by atoms with Gasteiger partial charge >= 0.3 is 0 Å². The van der Waals surface area contributed by atoms with Crippen LogP contribution in [-0.4, -0.2) is 11.7 Å². The molecule has 0 saturated carbocycles. The summed E-state index contributed by atoms with van der Waals surface area (Å²) >= 11 is 0. The van der Waals surface area contributed by atoms with Crippen molar-refractivity contribution in [2.75, 3.05) is 6.61 Å². The summed E-state index contributed by atoms with van der Waals surface area (Å²) in [6.07, 6.45) is 0.705. The van der Waals surface area contributed by atoms with E-state index in [0.717, 1.165) is 0 Å². The third kappa shape index (κ3) is 2.07. The fourth-order valence-corrected chi connectivity index (χ4v) is 3.12. The summed E-state index contributed by atoms with van der Waals surface area (Å²) in [6.45, 7) is 0.189. The largest absolute Gasteiger partial charge is 0.396 e. The van der Waals surface area contributed by atoms with Gasteiger partial charge in [0.05, 0.1) is 0 Å². The SMILES string of the molecule is OCCc1cccc2cc3cc4ccccc4cc3cc12. The fourth-order valence-electron chi connectivity index (χ4n) is 3.12. The Kier molecular flexibility index (Phi) is 2.87. The van der Waals surface area contributed by atoms with Gasteiger partial charge in [0.1, 0.15) is 0 Å². The van der Waals surface area contributed by atoms with Crippen LogP contribution in [0.3, 0.4) is 0 Å². The average Bonchev–Trinajstić information content (AvgIpc) is 2.52. The zero-order valence-corrected chi connectivity index (χ0v) is 11.7. The van der Waals surface area contributed by atoms with Crippen LogP contribution in [0.5, 0.6) is 0 Å². The second-order valence-corrected chi connectivity index (χ2v) is 5.51. The minimum Gasteiger partial charge on any atom is -0.396 e. The van der Waals surface area contributed by atoms with E-state index in [4.69, 9.17) is 0 Å². The van der Waals surface area contributed by atoms with Crippen molar-refractivity contribution in [1.82, 2.24) is 0 Å². The Labute approximate surface area is 123 Å². The molecule has 0 heterocycles. The van der Waals surface area contributed by atoms with Crippen LogP contribution in [0.15, 0.2) is 66.7 Å². The van der Waals surface area contributed by atoms with Crippen LogP contribution in [0, 0.1) is 0 Å². The molecule has 0 radical (unpaired) electrons. The molecule has 4 aromatic rings. The number of aliphatic hydroxyl groups excluding tert-OH is 1. The van der Waals surface area contributed by atoms with Crippen molar-refractivity contribution < 1.29 is 5.11 Å². The van der Waals surface area contributed by atoms with E-state index in [2.05, 4.69) is 66.7 Å². The highest BCUT2D eigenvalue weighted by Crippen LogP contribution is 2.29.